The van der Waals surface area contributed by atoms with Crippen LogP contribution in [0.2, 0.25) is 0 Å². The summed E-state index contributed by atoms with van der Waals surface area (Å²) in [6.45, 7) is 2.85. The molecule has 0 radical (unpaired) electrons. The summed E-state index contributed by atoms with van der Waals surface area (Å²) in [6, 6.07) is 12.2. The van der Waals surface area contributed by atoms with Gasteiger partial charge in [0, 0.05) is 24.8 Å². The Hall–Kier alpha value is -2.80. The maximum Gasteiger partial charge on any atom is 0.292 e. The van der Waals surface area contributed by atoms with E-state index in [9.17, 15) is 14.9 Å². The summed E-state index contributed by atoms with van der Waals surface area (Å²) >= 11 is 0. The molecule has 1 amide bonds. The molecule has 0 aliphatic heterocycles. The molecule has 140 valence electrons. The fraction of sp³-hybridized carbons (Fsp3) is 0.278. The molecule has 4 N–H and O–H groups in total. The second-order valence-electron chi connectivity index (χ2n) is 5.83. The summed E-state index contributed by atoms with van der Waals surface area (Å²) in [4.78, 5) is 22.5. The minimum Gasteiger partial charge on any atom is -0.399 e. The molecule has 0 fully saturated rings. The van der Waals surface area contributed by atoms with Crippen molar-refractivity contribution in [2.75, 3.05) is 24.1 Å². The van der Waals surface area contributed by atoms with E-state index in [-0.39, 0.29) is 24.0 Å². The number of nitro groups is 1. The standard InChI is InChI=1S/C18H22N4O3.ClH/c1-13-3-8-16(17(11-13)22(24)25)20-9-2-10-21-18(23)12-14-4-6-15(19)7-5-14;/h3-8,11,20H,2,9-10,12,19H2,1H3,(H,21,23);1H. The van der Waals surface area contributed by atoms with E-state index in [1.54, 1.807) is 18.2 Å². The van der Waals surface area contributed by atoms with Gasteiger partial charge in [-0.1, -0.05) is 18.2 Å². The Morgan fingerprint density at radius 2 is 1.85 bits per heavy atom. The van der Waals surface area contributed by atoms with Gasteiger partial charge in [-0.3, -0.25) is 14.9 Å². The third-order valence-corrected chi connectivity index (χ3v) is 3.69. The molecule has 0 bridgehead atoms. The quantitative estimate of drug-likeness (QED) is 0.283. The molecule has 26 heavy (non-hydrogen) atoms. The number of nitro benzene ring substituents is 1. The van der Waals surface area contributed by atoms with Crippen LogP contribution < -0.4 is 16.4 Å². The van der Waals surface area contributed by atoms with Gasteiger partial charge < -0.3 is 16.4 Å². The second kappa shape index (κ2) is 10.2. The number of amides is 1. The number of carbonyl (C=O) groups is 1. The summed E-state index contributed by atoms with van der Waals surface area (Å²) in [5.41, 5.74) is 8.57. The predicted molar refractivity (Wildman–Crippen MR) is 106 cm³/mol. The van der Waals surface area contributed by atoms with Gasteiger partial charge in [0.25, 0.3) is 5.69 Å². The molecule has 2 aromatic rings. The van der Waals surface area contributed by atoms with Crippen LogP contribution in [0.25, 0.3) is 0 Å². The summed E-state index contributed by atoms with van der Waals surface area (Å²) in [5.74, 6) is -0.0638. The van der Waals surface area contributed by atoms with Gasteiger partial charge in [0.1, 0.15) is 5.69 Å². The highest BCUT2D eigenvalue weighted by atomic mass is 35.5. The van der Waals surface area contributed by atoms with Crippen LogP contribution in [0, 0.1) is 17.0 Å². The lowest BCUT2D eigenvalue weighted by molar-refractivity contribution is -0.384. The number of benzene rings is 2. The van der Waals surface area contributed by atoms with Gasteiger partial charge in [0.05, 0.1) is 11.3 Å². The van der Waals surface area contributed by atoms with Gasteiger partial charge in [0.2, 0.25) is 5.91 Å². The van der Waals surface area contributed by atoms with Gasteiger partial charge in [-0.2, -0.15) is 0 Å². The molecule has 0 heterocycles. The average Bonchev–Trinajstić information content (AvgIpc) is 2.57. The number of nitrogens with one attached hydrogen (secondary N) is 2. The molecule has 0 atom stereocenters. The van der Waals surface area contributed by atoms with E-state index in [1.807, 2.05) is 25.1 Å². The maximum absolute atomic E-state index is 11.9. The van der Waals surface area contributed by atoms with Crippen molar-refractivity contribution in [1.29, 1.82) is 0 Å². The fourth-order valence-corrected chi connectivity index (χ4v) is 2.36. The summed E-state index contributed by atoms with van der Waals surface area (Å²) in [6.07, 6.45) is 0.968. The van der Waals surface area contributed by atoms with Gasteiger partial charge in [-0.15, -0.1) is 12.4 Å². The maximum atomic E-state index is 11.9. The minimum absolute atomic E-state index is 0. The van der Waals surface area contributed by atoms with E-state index >= 15 is 0 Å². The van der Waals surface area contributed by atoms with Crippen LogP contribution in [0.5, 0.6) is 0 Å². The number of halogens is 1. The SMILES string of the molecule is Cc1ccc(NCCCNC(=O)Cc2ccc(N)cc2)c([N+](=O)[O-])c1.Cl. The first kappa shape index (κ1) is 21.2. The Morgan fingerprint density at radius 1 is 1.15 bits per heavy atom. The van der Waals surface area contributed by atoms with E-state index < -0.39 is 4.92 Å². The lowest BCUT2D eigenvalue weighted by Crippen LogP contribution is -2.27. The zero-order valence-corrected chi connectivity index (χ0v) is 15.3. The van der Waals surface area contributed by atoms with E-state index in [1.165, 1.54) is 6.07 Å². The molecule has 0 saturated heterocycles. The van der Waals surface area contributed by atoms with Crippen molar-refractivity contribution in [2.24, 2.45) is 0 Å². The minimum atomic E-state index is -0.399. The first-order valence-electron chi connectivity index (χ1n) is 8.06. The average molecular weight is 379 g/mol. The Balaban J connectivity index is 0.00000338. The van der Waals surface area contributed by atoms with Crippen LogP contribution in [0.15, 0.2) is 42.5 Å². The number of rotatable bonds is 8. The van der Waals surface area contributed by atoms with Crippen molar-refractivity contribution in [2.45, 2.75) is 19.8 Å². The van der Waals surface area contributed by atoms with Gasteiger partial charge in [-0.25, -0.2) is 0 Å². The summed E-state index contributed by atoms with van der Waals surface area (Å²) in [7, 11) is 0. The van der Waals surface area contributed by atoms with Crippen molar-refractivity contribution < 1.29 is 9.72 Å². The van der Waals surface area contributed by atoms with Crippen molar-refractivity contribution in [3.63, 3.8) is 0 Å². The lowest BCUT2D eigenvalue weighted by atomic mass is 10.1. The Labute approximate surface area is 158 Å². The van der Waals surface area contributed by atoms with Crippen LogP contribution in [0.3, 0.4) is 0 Å². The largest absolute Gasteiger partial charge is 0.399 e. The van der Waals surface area contributed by atoms with Gasteiger partial charge >= 0.3 is 0 Å². The molecule has 7 nitrogen and oxygen atoms in total. The first-order valence-corrected chi connectivity index (χ1v) is 8.06. The third kappa shape index (κ3) is 6.60. The topological polar surface area (TPSA) is 110 Å². The number of nitrogens with zero attached hydrogens (tertiary/aromatic N) is 1. The zero-order valence-electron chi connectivity index (χ0n) is 14.5. The number of hydrogen-bond donors (Lipinski definition) is 3. The van der Waals surface area contributed by atoms with Crippen molar-refractivity contribution >= 4 is 35.4 Å². The molecule has 0 aliphatic rings. The molecular formula is C18H23ClN4O3. The van der Waals surface area contributed by atoms with Gasteiger partial charge in [-0.05, 0) is 42.7 Å². The first-order chi connectivity index (χ1) is 12.0. The second-order valence-corrected chi connectivity index (χ2v) is 5.83. The summed E-state index contributed by atoms with van der Waals surface area (Å²) < 4.78 is 0. The van der Waals surface area contributed by atoms with Crippen LogP contribution in [-0.4, -0.2) is 23.9 Å². The lowest BCUT2D eigenvalue weighted by Gasteiger charge is -2.09. The number of aryl methyl sites for hydroxylation is 1. The van der Waals surface area contributed by atoms with Crippen molar-refractivity contribution in [1.82, 2.24) is 5.32 Å². The van der Waals surface area contributed by atoms with Crippen LogP contribution in [0.1, 0.15) is 17.5 Å². The molecule has 0 aliphatic carbocycles. The number of carbonyl (C=O) groups excluding carboxylic acids is 1. The summed E-state index contributed by atoms with van der Waals surface area (Å²) in [5, 5.41) is 16.9. The smallest absolute Gasteiger partial charge is 0.292 e. The Bertz CT molecular complexity index is 751. The number of nitrogen functional groups attached to an aromatic ring is 1. The molecule has 2 aromatic carbocycles. The van der Waals surface area contributed by atoms with Crippen LogP contribution in [-0.2, 0) is 11.2 Å². The molecule has 8 heteroatoms. The molecular weight excluding hydrogens is 356 g/mol. The van der Waals surface area contributed by atoms with Crippen molar-refractivity contribution in [3.05, 3.63) is 63.7 Å². The highest BCUT2D eigenvalue weighted by molar-refractivity contribution is 5.85. The van der Waals surface area contributed by atoms with Crippen LogP contribution in [0.4, 0.5) is 17.1 Å². The Kier molecular flexibility index (Phi) is 8.37. The molecule has 2 rings (SSSR count). The molecule has 0 unspecified atom stereocenters. The zero-order chi connectivity index (χ0) is 18.2. The van der Waals surface area contributed by atoms with E-state index in [4.69, 9.17) is 5.73 Å². The number of nitrogens with two attached hydrogens (primary N) is 1. The third-order valence-electron chi connectivity index (χ3n) is 3.69. The van der Waals surface area contributed by atoms with E-state index in [2.05, 4.69) is 10.6 Å². The van der Waals surface area contributed by atoms with Gasteiger partial charge in [0.15, 0.2) is 0 Å². The number of hydrogen-bond acceptors (Lipinski definition) is 5. The normalized spacial score (nSPS) is 9.88. The number of anilines is 2. The van der Waals surface area contributed by atoms with Crippen molar-refractivity contribution in [3.8, 4) is 0 Å². The highest BCUT2D eigenvalue weighted by Gasteiger charge is 2.12. The molecule has 0 aromatic heterocycles. The van der Waals surface area contributed by atoms with Crippen LogP contribution >= 0.6 is 12.4 Å². The van der Waals surface area contributed by atoms with E-state index in [0.717, 1.165) is 11.1 Å². The molecule has 0 spiro atoms. The fourth-order valence-electron chi connectivity index (χ4n) is 2.36. The Morgan fingerprint density at radius 3 is 2.50 bits per heavy atom. The van der Waals surface area contributed by atoms with E-state index in [0.29, 0.717) is 37.3 Å². The monoisotopic (exact) mass is 378 g/mol. The predicted octanol–water partition coefficient (Wildman–Crippen LogP) is 3.07. The highest BCUT2D eigenvalue weighted by Crippen LogP contribution is 2.25. The molecule has 0 saturated carbocycles.